The highest BCUT2D eigenvalue weighted by Crippen LogP contribution is 2.29. The number of nitrogens with one attached hydrogen (secondary N) is 1. The number of halogens is 3. The van der Waals surface area contributed by atoms with Crippen molar-refractivity contribution in [3.63, 3.8) is 0 Å². The van der Waals surface area contributed by atoms with Crippen molar-refractivity contribution in [3.05, 3.63) is 35.4 Å². The first-order valence-corrected chi connectivity index (χ1v) is 7.96. The molecule has 1 aromatic carbocycles. The van der Waals surface area contributed by atoms with E-state index in [0.29, 0.717) is 0 Å². The van der Waals surface area contributed by atoms with Crippen LogP contribution in [0, 0.1) is 5.92 Å². The quantitative estimate of drug-likeness (QED) is 0.678. The number of rotatable bonds is 8. The van der Waals surface area contributed by atoms with Crippen LogP contribution in [-0.2, 0) is 31.7 Å². The van der Waals surface area contributed by atoms with Crippen LogP contribution in [0.1, 0.15) is 31.4 Å². The summed E-state index contributed by atoms with van der Waals surface area (Å²) < 4.78 is 42.9. The minimum atomic E-state index is -4.52. The maximum atomic E-state index is 12.7. The van der Waals surface area contributed by atoms with E-state index in [2.05, 4.69) is 5.32 Å². The van der Waals surface area contributed by atoms with Gasteiger partial charge in [-0.05, 0) is 25.0 Å². The lowest BCUT2D eigenvalue weighted by atomic mass is 10.0. The van der Waals surface area contributed by atoms with E-state index in [1.165, 1.54) is 19.1 Å². The van der Waals surface area contributed by atoms with Gasteiger partial charge in [0.25, 0.3) is 0 Å². The summed E-state index contributed by atoms with van der Waals surface area (Å²) in [6, 6.07) is 3.19. The average Bonchev–Trinajstić information content (AvgIpc) is 2.53. The molecule has 144 valence electrons. The number of hydrogen-bond donors (Lipinski definition) is 2. The number of primary amides is 1. The predicted octanol–water partition coefficient (Wildman–Crippen LogP) is 1.81. The minimum Gasteiger partial charge on any atom is -0.466 e. The number of carbonyl (C=O) groups is 3. The largest absolute Gasteiger partial charge is 0.466 e. The van der Waals surface area contributed by atoms with Gasteiger partial charge in [0.1, 0.15) is 6.04 Å². The second-order valence-electron chi connectivity index (χ2n) is 5.79. The van der Waals surface area contributed by atoms with Gasteiger partial charge in [0, 0.05) is 0 Å². The van der Waals surface area contributed by atoms with Gasteiger partial charge in [0.2, 0.25) is 11.8 Å². The molecule has 26 heavy (non-hydrogen) atoms. The molecule has 0 radical (unpaired) electrons. The number of alkyl halides is 3. The summed E-state index contributed by atoms with van der Waals surface area (Å²) in [6.45, 7) is 3.33. The number of benzene rings is 1. The molecular weight excluding hydrogens is 353 g/mol. The van der Waals surface area contributed by atoms with Crippen molar-refractivity contribution in [3.8, 4) is 0 Å². The Morgan fingerprint density at radius 2 is 1.92 bits per heavy atom. The second kappa shape index (κ2) is 9.21. The zero-order valence-electron chi connectivity index (χ0n) is 14.4. The van der Waals surface area contributed by atoms with Gasteiger partial charge in [-0.25, -0.2) is 0 Å². The summed E-state index contributed by atoms with van der Waals surface area (Å²) in [5.41, 5.74) is 4.50. The van der Waals surface area contributed by atoms with Gasteiger partial charge in [-0.3, -0.25) is 14.4 Å². The summed E-state index contributed by atoms with van der Waals surface area (Å²) >= 11 is 0. The molecule has 2 amide bonds. The first-order chi connectivity index (χ1) is 12.0. The molecule has 3 N–H and O–H groups in total. The molecule has 2 atom stereocenters. The Labute approximate surface area is 148 Å². The number of ether oxygens (including phenoxy) is 1. The Morgan fingerprint density at radius 3 is 2.46 bits per heavy atom. The predicted molar refractivity (Wildman–Crippen MR) is 86.7 cm³/mol. The highest BCUT2D eigenvalue weighted by molar-refractivity contribution is 5.88. The molecule has 0 spiro atoms. The Kier molecular flexibility index (Phi) is 7.60. The van der Waals surface area contributed by atoms with Crippen LogP contribution in [0.4, 0.5) is 13.2 Å². The smallest absolute Gasteiger partial charge is 0.416 e. The Bertz CT molecular complexity index is 662. The summed E-state index contributed by atoms with van der Waals surface area (Å²) in [6.07, 6.45) is -4.94. The lowest BCUT2D eigenvalue weighted by Crippen LogP contribution is -2.46. The van der Waals surface area contributed by atoms with Crippen LogP contribution < -0.4 is 11.1 Å². The van der Waals surface area contributed by atoms with Crippen LogP contribution >= 0.6 is 0 Å². The fourth-order valence-electron chi connectivity index (χ4n) is 2.27. The van der Waals surface area contributed by atoms with E-state index in [1.807, 2.05) is 0 Å². The molecule has 0 aliphatic rings. The van der Waals surface area contributed by atoms with Gasteiger partial charge in [0.05, 0.1) is 24.5 Å². The van der Waals surface area contributed by atoms with E-state index < -0.39 is 41.5 Å². The van der Waals surface area contributed by atoms with E-state index in [1.54, 1.807) is 6.92 Å². The molecule has 0 aromatic heterocycles. The molecule has 1 aromatic rings. The third-order valence-corrected chi connectivity index (χ3v) is 3.58. The summed E-state index contributed by atoms with van der Waals surface area (Å²) in [4.78, 5) is 35.2. The topological polar surface area (TPSA) is 98.5 Å². The number of hydrogen-bond acceptors (Lipinski definition) is 4. The monoisotopic (exact) mass is 374 g/mol. The van der Waals surface area contributed by atoms with Gasteiger partial charge >= 0.3 is 12.1 Å². The van der Waals surface area contributed by atoms with Gasteiger partial charge in [-0.1, -0.05) is 25.1 Å². The lowest BCUT2D eigenvalue weighted by Gasteiger charge is -2.19. The van der Waals surface area contributed by atoms with Gasteiger partial charge in [0.15, 0.2) is 0 Å². The van der Waals surface area contributed by atoms with Gasteiger partial charge < -0.3 is 15.8 Å². The van der Waals surface area contributed by atoms with Crippen LogP contribution in [0.2, 0.25) is 0 Å². The van der Waals surface area contributed by atoms with Crippen LogP contribution in [0.3, 0.4) is 0 Å². The first-order valence-electron chi connectivity index (χ1n) is 7.96. The van der Waals surface area contributed by atoms with Crippen LogP contribution in [0.15, 0.2) is 24.3 Å². The van der Waals surface area contributed by atoms with Crippen molar-refractivity contribution < 1.29 is 32.3 Å². The van der Waals surface area contributed by atoms with Gasteiger partial charge in [-0.2, -0.15) is 13.2 Å². The Balaban J connectivity index is 2.74. The Morgan fingerprint density at radius 1 is 1.27 bits per heavy atom. The molecule has 0 bridgehead atoms. The fraction of sp³-hybridized carbons (Fsp3) is 0.471. The molecule has 9 heteroatoms. The van der Waals surface area contributed by atoms with Gasteiger partial charge in [-0.15, -0.1) is 0 Å². The maximum absolute atomic E-state index is 12.7. The van der Waals surface area contributed by atoms with Crippen LogP contribution in [0.25, 0.3) is 0 Å². The average molecular weight is 374 g/mol. The van der Waals surface area contributed by atoms with E-state index in [9.17, 15) is 27.6 Å². The summed E-state index contributed by atoms with van der Waals surface area (Å²) in [5, 5.41) is 2.35. The molecule has 0 heterocycles. The molecule has 0 unspecified atom stereocenters. The number of esters is 1. The molecule has 0 aliphatic heterocycles. The molecule has 0 saturated carbocycles. The highest BCUT2D eigenvalue weighted by Gasteiger charge is 2.30. The first kappa shape index (κ1) is 21.5. The molecular formula is C17H21F3N2O4. The number of amides is 2. The zero-order chi connectivity index (χ0) is 19.9. The standard InChI is InChI=1S/C17H21F3N2O4/c1-3-26-16(25)10(2)7-13(15(21)24)22-14(23)9-11-5-4-6-12(8-11)17(18,19)20/h4-6,8,10,13H,3,7,9H2,1-2H3,(H2,21,24)(H,22,23)/t10-,13-/m0/s1. The molecule has 0 saturated heterocycles. The fourth-order valence-corrected chi connectivity index (χ4v) is 2.27. The third kappa shape index (κ3) is 6.73. The number of nitrogens with two attached hydrogens (primary N) is 1. The lowest BCUT2D eigenvalue weighted by molar-refractivity contribution is -0.148. The van der Waals surface area contributed by atoms with E-state index in [-0.39, 0.29) is 25.0 Å². The summed E-state index contributed by atoms with van der Waals surface area (Å²) in [7, 11) is 0. The number of carbonyl (C=O) groups excluding carboxylic acids is 3. The van der Waals surface area contributed by atoms with E-state index >= 15 is 0 Å². The maximum Gasteiger partial charge on any atom is 0.416 e. The van der Waals surface area contributed by atoms with Crippen molar-refractivity contribution in [2.75, 3.05) is 6.61 Å². The second-order valence-corrected chi connectivity index (χ2v) is 5.79. The zero-order valence-corrected chi connectivity index (χ0v) is 14.4. The van der Waals surface area contributed by atoms with Crippen molar-refractivity contribution >= 4 is 17.8 Å². The molecule has 6 nitrogen and oxygen atoms in total. The molecule has 0 fully saturated rings. The Hall–Kier alpha value is -2.58. The highest BCUT2D eigenvalue weighted by atomic mass is 19.4. The summed E-state index contributed by atoms with van der Waals surface area (Å²) in [5.74, 6) is -2.74. The molecule has 0 aliphatic carbocycles. The van der Waals surface area contributed by atoms with Crippen molar-refractivity contribution in [1.82, 2.24) is 5.32 Å². The third-order valence-electron chi connectivity index (χ3n) is 3.58. The van der Waals surface area contributed by atoms with Crippen LogP contribution in [-0.4, -0.2) is 30.4 Å². The van der Waals surface area contributed by atoms with E-state index in [4.69, 9.17) is 10.5 Å². The van der Waals surface area contributed by atoms with Crippen molar-refractivity contribution in [1.29, 1.82) is 0 Å². The SMILES string of the molecule is CCOC(=O)[C@@H](C)C[C@H](NC(=O)Cc1cccc(C(F)(F)F)c1)C(N)=O. The minimum absolute atomic E-state index is 0.0670. The van der Waals surface area contributed by atoms with E-state index in [0.717, 1.165) is 12.1 Å². The van der Waals surface area contributed by atoms with Crippen LogP contribution in [0.5, 0.6) is 0 Å². The van der Waals surface area contributed by atoms with Crippen molar-refractivity contribution in [2.24, 2.45) is 11.7 Å². The normalized spacial score (nSPS) is 13.6. The van der Waals surface area contributed by atoms with Crippen molar-refractivity contribution in [2.45, 2.75) is 38.9 Å². The molecule has 1 rings (SSSR count).